The summed E-state index contributed by atoms with van der Waals surface area (Å²) in [4.78, 5) is 16.0. The first-order valence-electron chi connectivity index (χ1n) is 7.65. The Morgan fingerprint density at radius 3 is 2.72 bits per heavy atom. The number of nitrogens with zero attached hydrogens (tertiary/aromatic N) is 2. The molecule has 6 heteroatoms. The van der Waals surface area contributed by atoms with Crippen LogP contribution in [0.25, 0.3) is 10.9 Å². The van der Waals surface area contributed by atoms with E-state index in [-0.39, 0.29) is 5.97 Å². The van der Waals surface area contributed by atoms with Crippen LogP contribution in [0.1, 0.15) is 22.8 Å². The Hall–Kier alpha value is -3.10. The maximum Gasteiger partial charge on any atom is 0.338 e. The normalized spacial score (nSPS) is 10.3. The average Bonchev–Trinajstić information content (AvgIpc) is 2.63. The highest BCUT2D eigenvalue weighted by molar-refractivity contribution is 6.31. The van der Waals surface area contributed by atoms with Gasteiger partial charge >= 0.3 is 5.97 Å². The number of hydrogen-bond donors (Lipinski definition) is 1. The molecular formula is C19H14ClN3O2. The third-order valence-electron chi connectivity index (χ3n) is 3.62. The molecule has 0 bridgehead atoms. The van der Waals surface area contributed by atoms with E-state index in [1.54, 1.807) is 49.4 Å². The molecule has 3 rings (SSSR count). The third kappa shape index (κ3) is 3.54. The van der Waals surface area contributed by atoms with Gasteiger partial charge < -0.3 is 10.1 Å². The Kier molecular flexibility index (Phi) is 4.82. The number of fused-ring (bicyclic) bond motifs is 1. The lowest BCUT2D eigenvalue weighted by atomic mass is 10.1. The Bertz CT molecular complexity index is 978. The van der Waals surface area contributed by atoms with Gasteiger partial charge in [-0.2, -0.15) is 5.26 Å². The molecule has 0 spiro atoms. The number of carbonyl (C=O) groups is 1. The SMILES string of the molecule is CCOC(=O)c1ccc(Nc2c(C#N)cnc3ccc(Cl)cc23)cc1. The molecule has 0 radical (unpaired) electrons. The fraction of sp³-hybridized carbons (Fsp3) is 0.105. The summed E-state index contributed by atoms with van der Waals surface area (Å²) in [5, 5.41) is 13.9. The van der Waals surface area contributed by atoms with Crippen LogP contribution in [0.5, 0.6) is 0 Å². The minimum Gasteiger partial charge on any atom is -0.462 e. The van der Waals surface area contributed by atoms with Gasteiger partial charge in [-0.25, -0.2) is 4.79 Å². The number of aromatic nitrogens is 1. The van der Waals surface area contributed by atoms with Crippen molar-refractivity contribution < 1.29 is 9.53 Å². The molecule has 0 aliphatic heterocycles. The first-order chi connectivity index (χ1) is 12.1. The summed E-state index contributed by atoms with van der Waals surface area (Å²) in [5.41, 5.74) is 2.96. The van der Waals surface area contributed by atoms with Crippen LogP contribution in [0.3, 0.4) is 0 Å². The molecule has 3 aromatic rings. The molecule has 1 N–H and O–H groups in total. The van der Waals surface area contributed by atoms with Crippen molar-refractivity contribution in [2.75, 3.05) is 11.9 Å². The second-order valence-electron chi connectivity index (χ2n) is 5.24. The first kappa shape index (κ1) is 16.7. The fourth-order valence-corrected chi connectivity index (χ4v) is 2.60. The predicted molar refractivity (Wildman–Crippen MR) is 97.1 cm³/mol. The number of ether oxygens (including phenoxy) is 1. The van der Waals surface area contributed by atoms with Crippen molar-refractivity contribution in [3.05, 3.63) is 64.8 Å². The van der Waals surface area contributed by atoms with E-state index >= 15 is 0 Å². The summed E-state index contributed by atoms with van der Waals surface area (Å²) >= 11 is 6.08. The van der Waals surface area contributed by atoms with Gasteiger partial charge in [0.2, 0.25) is 0 Å². The van der Waals surface area contributed by atoms with Crippen LogP contribution in [0.4, 0.5) is 11.4 Å². The number of pyridine rings is 1. The van der Waals surface area contributed by atoms with Gasteiger partial charge in [0.15, 0.2) is 0 Å². The largest absolute Gasteiger partial charge is 0.462 e. The van der Waals surface area contributed by atoms with Crippen LogP contribution in [-0.2, 0) is 4.74 Å². The van der Waals surface area contributed by atoms with Gasteiger partial charge in [0.05, 0.1) is 28.9 Å². The van der Waals surface area contributed by atoms with Crippen molar-refractivity contribution >= 4 is 39.8 Å². The Morgan fingerprint density at radius 1 is 1.28 bits per heavy atom. The lowest BCUT2D eigenvalue weighted by Gasteiger charge is -2.12. The number of nitrogens with one attached hydrogen (secondary N) is 1. The molecule has 25 heavy (non-hydrogen) atoms. The molecule has 0 aliphatic rings. The molecule has 0 saturated carbocycles. The second-order valence-corrected chi connectivity index (χ2v) is 5.68. The van der Waals surface area contributed by atoms with E-state index in [9.17, 15) is 10.1 Å². The highest BCUT2D eigenvalue weighted by Crippen LogP contribution is 2.30. The molecule has 0 fully saturated rings. The fourth-order valence-electron chi connectivity index (χ4n) is 2.43. The van der Waals surface area contributed by atoms with E-state index in [0.29, 0.717) is 28.4 Å². The van der Waals surface area contributed by atoms with Gasteiger partial charge in [-0.3, -0.25) is 4.98 Å². The van der Waals surface area contributed by atoms with Gasteiger partial charge in [-0.05, 0) is 49.4 Å². The molecule has 5 nitrogen and oxygen atoms in total. The van der Waals surface area contributed by atoms with Gasteiger partial charge in [-0.15, -0.1) is 0 Å². The zero-order chi connectivity index (χ0) is 17.8. The van der Waals surface area contributed by atoms with Crippen LogP contribution in [0.2, 0.25) is 5.02 Å². The van der Waals surface area contributed by atoms with Crippen molar-refractivity contribution in [2.45, 2.75) is 6.92 Å². The number of carbonyl (C=O) groups excluding carboxylic acids is 1. The number of anilines is 2. The Labute approximate surface area is 149 Å². The lowest BCUT2D eigenvalue weighted by molar-refractivity contribution is 0.0526. The van der Waals surface area contributed by atoms with Crippen LogP contribution in [0, 0.1) is 11.3 Å². The van der Waals surface area contributed by atoms with Crippen LogP contribution < -0.4 is 5.32 Å². The highest BCUT2D eigenvalue weighted by atomic mass is 35.5. The number of hydrogen-bond acceptors (Lipinski definition) is 5. The zero-order valence-corrected chi connectivity index (χ0v) is 14.2. The summed E-state index contributed by atoms with van der Waals surface area (Å²) in [5.74, 6) is -0.368. The Balaban J connectivity index is 1.98. The van der Waals surface area contributed by atoms with E-state index in [2.05, 4.69) is 16.4 Å². The maximum absolute atomic E-state index is 11.7. The molecule has 0 unspecified atom stereocenters. The summed E-state index contributed by atoms with van der Waals surface area (Å²) < 4.78 is 4.97. The van der Waals surface area contributed by atoms with Crippen molar-refractivity contribution in [1.29, 1.82) is 5.26 Å². The standard InChI is InChI=1S/C19H14ClN3O2/c1-2-25-19(24)12-3-6-15(7-4-12)23-18-13(10-21)11-22-17-8-5-14(20)9-16(17)18/h3-9,11H,2H2,1H3,(H,22,23). The first-order valence-corrected chi connectivity index (χ1v) is 8.02. The average molecular weight is 352 g/mol. The summed E-state index contributed by atoms with van der Waals surface area (Å²) in [6, 6.07) is 14.3. The van der Waals surface area contributed by atoms with Crippen LogP contribution in [0.15, 0.2) is 48.7 Å². The van der Waals surface area contributed by atoms with Crippen molar-refractivity contribution in [2.24, 2.45) is 0 Å². The molecule has 0 aliphatic carbocycles. The highest BCUT2D eigenvalue weighted by Gasteiger charge is 2.11. The van der Waals surface area contributed by atoms with Gasteiger partial charge in [0, 0.05) is 22.3 Å². The quantitative estimate of drug-likeness (QED) is 0.691. The molecule has 0 saturated heterocycles. The van der Waals surface area contributed by atoms with Gasteiger partial charge in [-0.1, -0.05) is 11.6 Å². The van der Waals surface area contributed by atoms with E-state index in [4.69, 9.17) is 16.3 Å². The molecular weight excluding hydrogens is 338 g/mol. The maximum atomic E-state index is 11.7. The third-order valence-corrected chi connectivity index (χ3v) is 3.85. The zero-order valence-electron chi connectivity index (χ0n) is 13.4. The number of rotatable bonds is 4. The number of esters is 1. The molecule has 2 aromatic carbocycles. The molecule has 0 atom stereocenters. The monoisotopic (exact) mass is 351 g/mol. The number of benzene rings is 2. The van der Waals surface area contributed by atoms with E-state index in [1.165, 1.54) is 6.20 Å². The van der Waals surface area contributed by atoms with E-state index in [0.717, 1.165) is 16.6 Å². The van der Waals surface area contributed by atoms with Crippen molar-refractivity contribution in [3.63, 3.8) is 0 Å². The summed E-state index contributed by atoms with van der Waals surface area (Å²) in [6.07, 6.45) is 1.52. The van der Waals surface area contributed by atoms with Crippen LogP contribution in [-0.4, -0.2) is 17.6 Å². The summed E-state index contributed by atoms with van der Waals surface area (Å²) in [6.45, 7) is 2.09. The Morgan fingerprint density at radius 2 is 2.04 bits per heavy atom. The molecule has 1 aromatic heterocycles. The van der Waals surface area contributed by atoms with Gasteiger partial charge in [0.1, 0.15) is 6.07 Å². The second kappa shape index (κ2) is 7.20. The number of halogens is 1. The number of nitriles is 1. The van der Waals surface area contributed by atoms with Crippen molar-refractivity contribution in [1.82, 2.24) is 4.98 Å². The smallest absolute Gasteiger partial charge is 0.338 e. The topological polar surface area (TPSA) is 75.0 Å². The predicted octanol–water partition coefficient (Wildman–Crippen LogP) is 4.68. The summed E-state index contributed by atoms with van der Waals surface area (Å²) in [7, 11) is 0. The minimum atomic E-state index is -0.368. The lowest BCUT2D eigenvalue weighted by Crippen LogP contribution is -2.04. The molecule has 1 heterocycles. The van der Waals surface area contributed by atoms with E-state index in [1.807, 2.05) is 0 Å². The van der Waals surface area contributed by atoms with E-state index < -0.39 is 0 Å². The molecule has 124 valence electrons. The minimum absolute atomic E-state index is 0.328. The van der Waals surface area contributed by atoms with Gasteiger partial charge in [0.25, 0.3) is 0 Å². The van der Waals surface area contributed by atoms with Crippen LogP contribution >= 0.6 is 11.6 Å². The molecule has 0 amide bonds. The van der Waals surface area contributed by atoms with Crippen molar-refractivity contribution in [3.8, 4) is 6.07 Å².